The molecule has 0 rings (SSSR count). The van der Waals surface area contributed by atoms with E-state index in [4.69, 9.17) is 5.11 Å². The zero-order valence-corrected chi connectivity index (χ0v) is 16.7. The molecule has 0 atom stereocenters. The van der Waals surface area contributed by atoms with E-state index in [0.717, 1.165) is 0 Å². The van der Waals surface area contributed by atoms with Crippen LogP contribution in [0.15, 0.2) is 12.7 Å². The summed E-state index contributed by atoms with van der Waals surface area (Å²) in [5.41, 5.74) is 0. The molecule has 0 aromatic carbocycles. The molecule has 0 saturated heterocycles. The fourth-order valence-corrected chi connectivity index (χ4v) is 0.0913. The van der Waals surface area contributed by atoms with Crippen LogP contribution in [0.3, 0.4) is 0 Å². The van der Waals surface area contributed by atoms with Crippen molar-refractivity contribution in [1.82, 2.24) is 0 Å². The van der Waals surface area contributed by atoms with Gasteiger partial charge in [-0.2, -0.15) is 0 Å². The second-order valence-corrected chi connectivity index (χ2v) is 3.80. The molecule has 0 bridgehead atoms. The Morgan fingerprint density at radius 3 is 0.944 bits per heavy atom. The van der Waals surface area contributed by atoms with E-state index in [0.29, 0.717) is 6.42 Å². The maximum Gasteiger partial charge on any atom is 0.0465 e. The number of aliphatic hydroxyl groups excluding tert-OH is 1. The predicted octanol–water partition coefficient (Wildman–Crippen LogP) is 5.59. The fraction of sp³-hybridized carbons (Fsp3) is 0.875. The molecular weight excluding hydrogens is 327 g/mol. The first-order valence-electron chi connectivity index (χ1n) is 7.38. The van der Waals surface area contributed by atoms with Gasteiger partial charge < -0.3 is 5.11 Å². The van der Waals surface area contributed by atoms with Crippen LogP contribution in [0, 0.1) is 0 Å². The molecule has 2 heteroatoms. The Labute approximate surface area is 134 Å². The Bertz CT molecular complexity index is 69.7. The van der Waals surface area contributed by atoms with Gasteiger partial charge in [0.15, 0.2) is 0 Å². The summed E-state index contributed by atoms with van der Waals surface area (Å²) < 4.78 is 0. The van der Waals surface area contributed by atoms with Crippen LogP contribution in [0.4, 0.5) is 0 Å². The van der Waals surface area contributed by atoms with Crippen LogP contribution >= 0.6 is 0 Å². The third-order valence-corrected chi connectivity index (χ3v) is 1.83. The van der Waals surface area contributed by atoms with E-state index in [1.165, 1.54) is 38.5 Å². The minimum absolute atomic E-state index is 0. The van der Waals surface area contributed by atoms with Crippen molar-refractivity contribution in [3.63, 3.8) is 0 Å². The smallest absolute Gasteiger partial charge is 0.0465 e. The summed E-state index contributed by atoms with van der Waals surface area (Å²) in [6, 6.07) is 0. The molecule has 0 aliphatic carbocycles. The van der Waals surface area contributed by atoms with Crippen molar-refractivity contribution in [3.05, 3.63) is 12.7 Å². The summed E-state index contributed by atoms with van der Waals surface area (Å²) in [5.74, 6) is 0. The van der Waals surface area contributed by atoms with Crippen LogP contribution in [0.2, 0.25) is 0 Å². The fourth-order valence-electron chi connectivity index (χ4n) is 0.0913. The van der Waals surface area contributed by atoms with Crippen LogP contribution in [0.25, 0.3) is 0 Å². The number of hydrogen-bond donors (Lipinski definition) is 1. The summed E-state index contributed by atoms with van der Waals surface area (Å²) in [5, 5.41) is 8.00. The van der Waals surface area contributed by atoms with Crippen molar-refractivity contribution in [2.45, 2.75) is 86.5 Å². The average Bonchev–Trinajstić information content (AvgIpc) is 2.40. The average molecular weight is 365 g/mol. The second kappa shape index (κ2) is 52.8. The third-order valence-electron chi connectivity index (χ3n) is 1.83. The van der Waals surface area contributed by atoms with Crippen LogP contribution in [-0.4, -0.2) is 35.6 Å². The maximum absolute atomic E-state index is 8.00. The van der Waals surface area contributed by atoms with E-state index in [1.54, 1.807) is 6.08 Å². The van der Waals surface area contributed by atoms with Gasteiger partial charge in [0.2, 0.25) is 0 Å². The summed E-state index contributed by atoms with van der Waals surface area (Å²) in [7, 11) is 0. The molecule has 0 spiro atoms. The molecule has 0 heterocycles. The van der Waals surface area contributed by atoms with Gasteiger partial charge in [0, 0.05) is 30.5 Å². The largest absolute Gasteiger partial charge is 0.396 e. The molecule has 0 amide bonds. The first-order valence-corrected chi connectivity index (χ1v) is 7.38. The SMILES string of the molecule is C=CCCO.CCCC.CCCC.CCCC.[Sn]. The molecule has 0 unspecified atom stereocenters. The van der Waals surface area contributed by atoms with Crippen LogP contribution < -0.4 is 0 Å². The van der Waals surface area contributed by atoms with E-state index in [2.05, 4.69) is 48.1 Å². The van der Waals surface area contributed by atoms with E-state index in [-0.39, 0.29) is 30.5 Å². The van der Waals surface area contributed by atoms with Crippen LogP contribution in [0.5, 0.6) is 0 Å². The van der Waals surface area contributed by atoms with Gasteiger partial charge in [0.05, 0.1) is 0 Å². The normalized spacial score (nSPS) is 7.06. The van der Waals surface area contributed by atoms with Crippen LogP contribution in [-0.2, 0) is 0 Å². The molecule has 1 nitrogen and oxygen atoms in total. The van der Waals surface area contributed by atoms with Crippen molar-refractivity contribution >= 4 is 23.9 Å². The molecule has 0 fully saturated rings. The Morgan fingerprint density at radius 2 is 0.944 bits per heavy atom. The molecule has 0 aromatic heterocycles. The summed E-state index contributed by atoms with van der Waals surface area (Å²) in [4.78, 5) is 0. The third kappa shape index (κ3) is 131. The van der Waals surface area contributed by atoms with Gasteiger partial charge in [0.1, 0.15) is 0 Å². The first-order chi connectivity index (χ1) is 8.16. The van der Waals surface area contributed by atoms with Gasteiger partial charge in [-0.1, -0.05) is 86.1 Å². The number of rotatable bonds is 5. The standard InChI is InChI=1S/C4H8O.3C4H10.Sn/c1-2-3-4-5;3*1-3-4-2;/h2,5H,1,3-4H2;3*3-4H2,1-2H3;. The quantitative estimate of drug-likeness (QED) is 0.497. The van der Waals surface area contributed by atoms with E-state index in [9.17, 15) is 0 Å². The second-order valence-electron chi connectivity index (χ2n) is 3.80. The Morgan fingerprint density at radius 1 is 0.722 bits per heavy atom. The molecule has 0 saturated carbocycles. The van der Waals surface area contributed by atoms with Gasteiger partial charge in [-0.05, 0) is 6.42 Å². The van der Waals surface area contributed by atoms with Gasteiger partial charge in [-0.3, -0.25) is 0 Å². The minimum Gasteiger partial charge on any atom is -0.396 e. The van der Waals surface area contributed by atoms with Gasteiger partial charge in [0.25, 0.3) is 0 Å². The van der Waals surface area contributed by atoms with E-state index in [1.807, 2.05) is 0 Å². The van der Waals surface area contributed by atoms with Crippen LogP contribution in [0.1, 0.15) is 86.5 Å². The molecule has 0 aliphatic heterocycles. The molecular formula is C16H38OSn. The molecule has 0 aromatic rings. The monoisotopic (exact) mass is 366 g/mol. The number of hydrogen-bond acceptors (Lipinski definition) is 1. The molecule has 112 valence electrons. The van der Waals surface area contributed by atoms with Gasteiger partial charge >= 0.3 is 0 Å². The van der Waals surface area contributed by atoms with Crippen molar-refractivity contribution < 1.29 is 5.11 Å². The van der Waals surface area contributed by atoms with Crippen molar-refractivity contribution in [1.29, 1.82) is 0 Å². The predicted molar refractivity (Wildman–Crippen MR) is 89.4 cm³/mol. The van der Waals surface area contributed by atoms with E-state index >= 15 is 0 Å². The van der Waals surface area contributed by atoms with Crippen molar-refractivity contribution in [3.8, 4) is 0 Å². The molecule has 18 heavy (non-hydrogen) atoms. The summed E-state index contributed by atoms with van der Waals surface area (Å²) >= 11 is 0. The van der Waals surface area contributed by atoms with E-state index < -0.39 is 0 Å². The number of aliphatic hydroxyl groups is 1. The Kier molecular flexibility index (Phi) is 91.2. The zero-order valence-electron chi connectivity index (χ0n) is 13.9. The summed E-state index contributed by atoms with van der Waals surface area (Å²) in [6.07, 6.45) is 10.3. The van der Waals surface area contributed by atoms with Crippen molar-refractivity contribution in [2.75, 3.05) is 6.61 Å². The molecule has 0 aliphatic rings. The first kappa shape index (κ1) is 31.1. The van der Waals surface area contributed by atoms with Crippen molar-refractivity contribution in [2.24, 2.45) is 0 Å². The van der Waals surface area contributed by atoms with Gasteiger partial charge in [-0.25, -0.2) is 0 Å². The Hall–Kier alpha value is 0.499. The minimum atomic E-state index is 0. The number of unbranched alkanes of at least 4 members (excludes halogenated alkanes) is 3. The van der Waals surface area contributed by atoms with Gasteiger partial charge in [-0.15, -0.1) is 6.58 Å². The Balaban J connectivity index is -0.0000000412. The molecule has 1 N–H and O–H groups in total. The zero-order chi connectivity index (χ0) is 14.4. The molecule has 4 radical (unpaired) electrons. The summed E-state index contributed by atoms with van der Waals surface area (Å²) in [6.45, 7) is 16.7. The topological polar surface area (TPSA) is 20.2 Å². The maximum atomic E-state index is 8.00.